The van der Waals surface area contributed by atoms with Crippen LogP contribution in [-0.4, -0.2) is 48.4 Å². The molecule has 0 amide bonds. The molecular weight excluding hydrogens is 312 g/mol. The Labute approximate surface area is 141 Å². The molecular formula is C17H24N2O3S. The number of likely N-dealkylation sites (N-methyl/N-ethyl adjacent to an activating group) is 1. The van der Waals surface area contributed by atoms with Crippen molar-refractivity contribution in [3.8, 4) is 22.1 Å². The predicted molar refractivity (Wildman–Crippen MR) is 93.3 cm³/mol. The van der Waals surface area contributed by atoms with Crippen LogP contribution in [0.2, 0.25) is 0 Å². The van der Waals surface area contributed by atoms with E-state index in [1.165, 1.54) is 0 Å². The molecule has 0 aliphatic carbocycles. The lowest BCUT2D eigenvalue weighted by Crippen LogP contribution is -2.35. The first-order chi connectivity index (χ1) is 10.8. The molecule has 2 aromatic rings. The third-order valence-corrected chi connectivity index (χ3v) is 4.20. The number of ether oxygens (including phenoxy) is 2. The molecule has 0 saturated heterocycles. The van der Waals surface area contributed by atoms with E-state index in [2.05, 4.69) is 4.90 Å². The van der Waals surface area contributed by atoms with Crippen molar-refractivity contribution in [3.63, 3.8) is 0 Å². The average Bonchev–Trinajstić information content (AvgIpc) is 2.92. The summed E-state index contributed by atoms with van der Waals surface area (Å²) in [5.74, 6) is 1.39. The second-order valence-corrected chi connectivity index (χ2v) is 7.03. The van der Waals surface area contributed by atoms with Crippen molar-refractivity contribution in [2.24, 2.45) is 0 Å². The van der Waals surface area contributed by atoms with E-state index in [1.807, 2.05) is 30.6 Å². The van der Waals surface area contributed by atoms with Gasteiger partial charge in [-0.25, -0.2) is 4.98 Å². The Hall–Kier alpha value is -1.63. The number of hydrogen-bond donors (Lipinski definition) is 1. The molecule has 0 saturated carbocycles. The Kier molecular flexibility index (Phi) is 5.62. The Bertz CT molecular complexity index is 650. The summed E-state index contributed by atoms with van der Waals surface area (Å²) in [5, 5.41) is 12.8. The number of para-hydroxylation sites is 1. The molecule has 1 aromatic carbocycles. The van der Waals surface area contributed by atoms with E-state index in [0.29, 0.717) is 24.6 Å². The number of rotatable bonds is 7. The van der Waals surface area contributed by atoms with Crippen molar-refractivity contribution >= 4 is 11.3 Å². The minimum atomic E-state index is -0.719. The third-order valence-electron chi connectivity index (χ3n) is 3.27. The summed E-state index contributed by atoms with van der Waals surface area (Å²) in [4.78, 5) is 6.75. The molecule has 2 rings (SSSR count). The summed E-state index contributed by atoms with van der Waals surface area (Å²) >= 11 is 1.58. The van der Waals surface area contributed by atoms with Gasteiger partial charge in [0, 0.05) is 18.5 Å². The summed E-state index contributed by atoms with van der Waals surface area (Å²) in [6, 6.07) is 5.77. The lowest BCUT2D eigenvalue weighted by atomic mass is 10.1. The fourth-order valence-electron chi connectivity index (χ4n) is 2.55. The lowest BCUT2D eigenvalue weighted by Gasteiger charge is -2.24. The van der Waals surface area contributed by atoms with Gasteiger partial charge in [-0.3, -0.25) is 4.90 Å². The van der Waals surface area contributed by atoms with Gasteiger partial charge in [0.15, 0.2) is 11.5 Å². The summed E-state index contributed by atoms with van der Waals surface area (Å²) in [5.41, 5.74) is 1.18. The van der Waals surface area contributed by atoms with E-state index in [-0.39, 0.29) is 0 Å². The first-order valence-electron chi connectivity index (χ1n) is 7.40. The topological polar surface area (TPSA) is 54.8 Å². The summed E-state index contributed by atoms with van der Waals surface area (Å²) in [6.07, 6.45) is 0. The molecule has 6 heteroatoms. The molecule has 0 aliphatic rings. The van der Waals surface area contributed by atoms with Crippen LogP contribution in [0.25, 0.3) is 10.6 Å². The minimum absolute atomic E-state index is 0.586. The van der Waals surface area contributed by atoms with Crippen LogP contribution in [0.4, 0.5) is 0 Å². The van der Waals surface area contributed by atoms with Gasteiger partial charge in [-0.05, 0) is 33.0 Å². The number of aliphatic hydroxyl groups is 1. The Morgan fingerprint density at radius 2 is 2.00 bits per heavy atom. The van der Waals surface area contributed by atoms with Crippen molar-refractivity contribution in [3.05, 3.63) is 29.3 Å². The van der Waals surface area contributed by atoms with Crippen LogP contribution in [0.3, 0.4) is 0 Å². The van der Waals surface area contributed by atoms with E-state index in [4.69, 9.17) is 14.5 Å². The van der Waals surface area contributed by atoms with Gasteiger partial charge in [0.25, 0.3) is 0 Å². The zero-order chi connectivity index (χ0) is 17.0. The van der Waals surface area contributed by atoms with Gasteiger partial charge in [-0.1, -0.05) is 6.07 Å². The highest BCUT2D eigenvalue weighted by Gasteiger charge is 2.18. The van der Waals surface area contributed by atoms with Crippen LogP contribution in [0.1, 0.15) is 19.5 Å². The molecule has 1 heterocycles. The lowest BCUT2D eigenvalue weighted by molar-refractivity contribution is 0.0422. The smallest absolute Gasteiger partial charge is 0.170 e. The second-order valence-electron chi connectivity index (χ2n) is 6.17. The van der Waals surface area contributed by atoms with Crippen molar-refractivity contribution in [2.45, 2.75) is 26.0 Å². The van der Waals surface area contributed by atoms with Gasteiger partial charge in [0.05, 0.1) is 31.1 Å². The van der Waals surface area contributed by atoms with Gasteiger partial charge < -0.3 is 14.6 Å². The van der Waals surface area contributed by atoms with Gasteiger partial charge in [-0.15, -0.1) is 11.3 Å². The number of hydrogen-bond acceptors (Lipinski definition) is 6. The molecule has 1 N–H and O–H groups in total. The maximum absolute atomic E-state index is 9.89. The number of nitrogens with zero attached hydrogens (tertiary/aromatic N) is 2. The van der Waals surface area contributed by atoms with E-state index in [0.717, 1.165) is 16.3 Å². The van der Waals surface area contributed by atoms with Crippen molar-refractivity contribution in [1.29, 1.82) is 0 Å². The maximum Gasteiger partial charge on any atom is 0.170 e. The van der Waals surface area contributed by atoms with E-state index < -0.39 is 5.60 Å². The Morgan fingerprint density at radius 1 is 1.26 bits per heavy atom. The highest BCUT2D eigenvalue weighted by molar-refractivity contribution is 7.13. The Morgan fingerprint density at radius 3 is 2.61 bits per heavy atom. The van der Waals surface area contributed by atoms with E-state index in [9.17, 15) is 5.11 Å². The van der Waals surface area contributed by atoms with E-state index in [1.54, 1.807) is 39.4 Å². The maximum atomic E-state index is 9.89. The number of methoxy groups -OCH3 is 2. The van der Waals surface area contributed by atoms with Crippen LogP contribution in [0.15, 0.2) is 23.6 Å². The molecule has 0 atom stereocenters. The van der Waals surface area contributed by atoms with Crippen molar-refractivity contribution in [1.82, 2.24) is 9.88 Å². The van der Waals surface area contributed by atoms with Crippen molar-refractivity contribution in [2.75, 3.05) is 27.8 Å². The van der Waals surface area contributed by atoms with Gasteiger partial charge in [0.1, 0.15) is 5.01 Å². The Balaban J connectivity index is 2.20. The second kappa shape index (κ2) is 7.29. The molecule has 0 unspecified atom stereocenters. The van der Waals surface area contributed by atoms with Gasteiger partial charge in [-0.2, -0.15) is 0 Å². The van der Waals surface area contributed by atoms with Gasteiger partial charge >= 0.3 is 0 Å². The van der Waals surface area contributed by atoms with Crippen LogP contribution >= 0.6 is 11.3 Å². The summed E-state index contributed by atoms with van der Waals surface area (Å²) in [7, 11) is 5.23. The monoisotopic (exact) mass is 336 g/mol. The normalized spacial score (nSPS) is 11.8. The largest absolute Gasteiger partial charge is 0.493 e. The standard InChI is InChI=1S/C17H24N2O3S/c1-17(2,20)11-19(3)9-12-10-23-16(18-12)13-7-6-8-14(21-4)15(13)22-5/h6-8,10,20H,9,11H2,1-5H3. The van der Waals surface area contributed by atoms with Crippen LogP contribution in [-0.2, 0) is 6.54 Å². The SMILES string of the molecule is COc1cccc(-c2nc(CN(C)CC(C)(C)O)cs2)c1OC. The fraction of sp³-hybridized carbons (Fsp3) is 0.471. The molecule has 0 fully saturated rings. The number of aromatic nitrogens is 1. The number of benzene rings is 1. The molecule has 0 spiro atoms. The van der Waals surface area contributed by atoms with Crippen molar-refractivity contribution < 1.29 is 14.6 Å². The zero-order valence-electron chi connectivity index (χ0n) is 14.3. The molecule has 0 bridgehead atoms. The predicted octanol–water partition coefficient (Wildman–Crippen LogP) is 3.03. The molecule has 5 nitrogen and oxygen atoms in total. The molecule has 0 aliphatic heterocycles. The number of thiazole rings is 1. The van der Waals surface area contributed by atoms with Crippen LogP contribution in [0.5, 0.6) is 11.5 Å². The third kappa shape index (κ3) is 4.67. The van der Waals surface area contributed by atoms with E-state index >= 15 is 0 Å². The highest BCUT2D eigenvalue weighted by atomic mass is 32.1. The zero-order valence-corrected chi connectivity index (χ0v) is 15.1. The summed E-state index contributed by atoms with van der Waals surface area (Å²) in [6.45, 7) is 4.88. The minimum Gasteiger partial charge on any atom is -0.493 e. The molecule has 126 valence electrons. The molecule has 1 aromatic heterocycles. The summed E-state index contributed by atoms with van der Waals surface area (Å²) < 4.78 is 10.8. The first-order valence-corrected chi connectivity index (χ1v) is 8.28. The molecule has 0 radical (unpaired) electrons. The fourth-order valence-corrected chi connectivity index (χ4v) is 3.38. The van der Waals surface area contributed by atoms with Gasteiger partial charge in [0.2, 0.25) is 0 Å². The average molecular weight is 336 g/mol. The van der Waals surface area contributed by atoms with Crippen LogP contribution in [0, 0.1) is 0 Å². The quantitative estimate of drug-likeness (QED) is 0.842. The first kappa shape index (κ1) is 17.7. The highest BCUT2D eigenvalue weighted by Crippen LogP contribution is 2.39. The molecule has 23 heavy (non-hydrogen) atoms. The van der Waals surface area contributed by atoms with Crippen LogP contribution < -0.4 is 9.47 Å².